The first kappa shape index (κ1) is 14.4. The lowest BCUT2D eigenvalue weighted by Crippen LogP contribution is -2.12. The zero-order valence-corrected chi connectivity index (χ0v) is 13.2. The van der Waals surface area contributed by atoms with Gasteiger partial charge in [0.2, 0.25) is 5.92 Å². The van der Waals surface area contributed by atoms with Crippen molar-refractivity contribution in [2.45, 2.75) is 37.5 Å². The molecule has 0 spiro atoms. The van der Waals surface area contributed by atoms with Gasteiger partial charge in [0.05, 0.1) is 0 Å². The molecular weight excluding hydrogens is 366 g/mol. The summed E-state index contributed by atoms with van der Waals surface area (Å²) >= 11 is 7.05. The van der Waals surface area contributed by atoms with Crippen molar-refractivity contribution in [3.63, 3.8) is 0 Å². The van der Waals surface area contributed by atoms with Crippen molar-refractivity contribution in [1.82, 2.24) is 0 Å². The Morgan fingerprint density at radius 1 is 1.33 bits per heavy atom. The maximum Gasteiger partial charge on any atom is 0.248 e. The molecule has 100 valence electrons. The minimum Gasteiger partial charge on any atom is -0.207 e. The Morgan fingerprint density at radius 3 is 2.61 bits per heavy atom. The molecule has 0 saturated heterocycles. The summed E-state index contributed by atoms with van der Waals surface area (Å²) in [4.78, 5) is 0. The largest absolute Gasteiger partial charge is 0.248 e. The van der Waals surface area contributed by atoms with Gasteiger partial charge in [0.25, 0.3) is 0 Å². The van der Waals surface area contributed by atoms with Crippen LogP contribution < -0.4 is 0 Å². The molecule has 1 aromatic carbocycles. The summed E-state index contributed by atoms with van der Waals surface area (Å²) in [6, 6.07) is 8.05. The highest BCUT2D eigenvalue weighted by molar-refractivity contribution is 9.10. The van der Waals surface area contributed by atoms with Gasteiger partial charge in [-0.1, -0.05) is 50.1 Å². The average molecular weight is 382 g/mol. The van der Waals surface area contributed by atoms with Crippen LogP contribution in [0.4, 0.5) is 8.78 Å². The Labute approximate surface area is 123 Å². The first-order valence-electron chi connectivity index (χ1n) is 6.20. The third-order valence-corrected chi connectivity index (χ3v) is 5.16. The van der Waals surface area contributed by atoms with E-state index < -0.39 is 5.92 Å². The minimum absolute atomic E-state index is 0.0565. The third-order valence-electron chi connectivity index (χ3n) is 3.65. The molecule has 1 fully saturated rings. The quantitative estimate of drug-likeness (QED) is 0.582. The van der Waals surface area contributed by atoms with Crippen molar-refractivity contribution in [2.24, 2.45) is 5.92 Å². The summed E-state index contributed by atoms with van der Waals surface area (Å²) in [5.41, 5.74) is 1.21. The van der Waals surface area contributed by atoms with Gasteiger partial charge in [0.1, 0.15) is 0 Å². The predicted octanol–water partition coefficient (Wildman–Crippen LogP) is 5.75. The van der Waals surface area contributed by atoms with Crippen molar-refractivity contribution < 1.29 is 8.78 Å². The number of halogens is 4. The van der Waals surface area contributed by atoms with E-state index >= 15 is 0 Å². The summed E-state index contributed by atoms with van der Waals surface area (Å²) in [6.07, 6.45) is 1.61. The fraction of sp³-hybridized carbons (Fsp3) is 0.571. The molecule has 2 unspecified atom stereocenters. The van der Waals surface area contributed by atoms with Crippen LogP contribution in [0.25, 0.3) is 0 Å². The van der Waals surface area contributed by atoms with E-state index in [2.05, 4.69) is 37.9 Å². The van der Waals surface area contributed by atoms with Gasteiger partial charge in [0, 0.05) is 22.6 Å². The van der Waals surface area contributed by atoms with Crippen molar-refractivity contribution >= 4 is 31.9 Å². The molecule has 0 heterocycles. The monoisotopic (exact) mass is 380 g/mol. The second kappa shape index (κ2) is 6.00. The van der Waals surface area contributed by atoms with Crippen LogP contribution in [0, 0.1) is 5.92 Å². The molecule has 0 nitrogen and oxygen atoms in total. The van der Waals surface area contributed by atoms with Crippen LogP contribution >= 0.6 is 31.9 Å². The van der Waals surface area contributed by atoms with E-state index in [1.807, 2.05) is 18.2 Å². The molecule has 1 aliphatic rings. The number of hydrogen-bond donors (Lipinski definition) is 0. The Kier molecular flexibility index (Phi) is 4.81. The van der Waals surface area contributed by atoms with Gasteiger partial charge in [0.15, 0.2) is 0 Å². The Balaban J connectivity index is 2.05. The summed E-state index contributed by atoms with van der Waals surface area (Å²) in [6.45, 7) is 0. The molecule has 1 aliphatic carbocycles. The molecule has 0 N–H and O–H groups in total. The van der Waals surface area contributed by atoms with Gasteiger partial charge in [-0.25, -0.2) is 8.78 Å². The molecule has 0 aromatic heterocycles. The molecule has 1 aromatic rings. The summed E-state index contributed by atoms with van der Waals surface area (Å²) < 4.78 is 27.5. The lowest BCUT2D eigenvalue weighted by molar-refractivity contribution is 0.00452. The van der Waals surface area contributed by atoms with E-state index in [0.29, 0.717) is 12.3 Å². The van der Waals surface area contributed by atoms with Crippen LogP contribution in [0.2, 0.25) is 0 Å². The fourth-order valence-electron chi connectivity index (χ4n) is 2.72. The molecule has 0 radical (unpaired) electrons. The van der Waals surface area contributed by atoms with E-state index in [4.69, 9.17) is 0 Å². The van der Waals surface area contributed by atoms with E-state index in [1.54, 1.807) is 0 Å². The van der Waals surface area contributed by atoms with Gasteiger partial charge in [-0.3, -0.25) is 0 Å². The van der Waals surface area contributed by atoms with Crippen LogP contribution in [-0.4, -0.2) is 11.3 Å². The van der Waals surface area contributed by atoms with Crippen molar-refractivity contribution in [1.29, 1.82) is 0 Å². The summed E-state index contributed by atoms with van der Waals surface area (Å²) in [5, 5.41) is 0.817. The SMILES string of the molecule is FC1(F)CCC(CC(CBr)c2ccccc2Br)C1. The molecule has 1 saturated carbocycles. The molecule has 18 heavy (non-hydrogen) atoms. The molecular formula is C14H16Br2F2. The number of benzene rings is 1. The summed E-state index contributed by atoms with van der Waals surface area (Å²) in [7, 11) is 0. The van der Waals surface area contributed by atoms with E-state index in [0.717, 1.165) is 16.2 Å². The van der Waals surface area contributed by atoms with E-state index in [9.17, 15) is 8.78 Å². The van der Waals surface area contributed by atoms with Crippen LogP contribution in [-0.2, 0) is 0 Å². The zero-order chi connectivity index (χ0) is 13.2. The van der Waals surface area contributed by atoms with E-state index in [1.165, 1.54) is 5.56 Å². The van der Waals surface area contributed by atoms with Crippen LogP contribution in [0.1, 0.15) is 37.2 Å². The van der Waals surface area contributed by atoms with E-state index in [-0.39, 0.29) is 18.8 Å². The fourth-order valence-corrected chi connectivity index (χ4v) is 3.95. The minimum atomic E-state index is -2.44. The Hall–Kier alpha value is 0.0400. The van der Waals surface area contributed by atoms with Crippen LogP contribution in [0.5, 0.6) is 0 Å². The Morgan fingerprint density at radius 2 is 2.06 bits per heavy atom. The normalized spacial score (nSPS) is 24.1. The van der Waals surface area contributed by atoms with Gasteiger partial charge >= 0.3 is 0 Å². The molecule has 0 amide bonds. The van der Waals surface area contributed by atoms with Crippen molar-refractivity contribution in [2.75, 3.05) is 5.33 Å². The molecule has 0 bridgehead atoms. The molecule has 4 heteroatoms. The second-order valence-corrected chi connectivity index (χ2v) is 6.58. The summed E-state index contributed by atoms with van der Waals surface area (Å²) in [5.74, 6) is -1.98. The molecule has 0 aliphatic heterocycles. The highest BCUT2D eigenvalue weighted by Gasteiger charge is 2.40. The van der Waals surface area contributed by atoms with Crippen molar-refractivity contribution in [3.8, 4) is 0 Å². The lowest BCUT2D eigenvalue weighted by atomic mass is 9.89. The standard InChI is InChI=1S/C14H16Br2F2/c15-9-11(12-3-1-2-4-13(12)16)7-10-5-6-14(17,18)8-10/h1-4,10-11H,5-9H2. The smallest absolute Gasteiger partial charge is 0.207 e. The number of alkyl halides is 3. The molecule has 2 atom stereocenters. The average Bonchev–Trinajstić information content (AvgIpc) is 2.67. The van der Waals surface area contributed by atoms with Gasteiger partial charge in [-0.05, 0) is 36.3 Å². The second-order valence-electron chi connectivity index (χ2n) is 5.07. The van der Waals surface area contributed by atoms with Crippen molar-refractivity contribution in [3.05, 3.63) is 34.3 Å². The highest BCUT2D eigenvalue weighted by atomic mass is 79.9. The lowest BCUT2D eigenvalue weighted by Gasteiger charge is -2.20. The van der Waals surface area contributed by atoms with Gasteiger partial charge in [-0.2, -0.15) is 0 Å². The van der Waals surface area contributed by atoms with Gasteiger partial charge < -0.3 is 0 Å². The number of rotatable bonds is 4. The maximum atomic E-state index is 13.2. The maximum absolute atomic E-state index is 13.2. The highest BCUT2D eigenvalue weighted by Crippen LogP contribution is 2.43. The zero-order valence-electron chi connectivity index (χ0n) is 10.0. The third kappa shape index (κ3) is 3.53. The first-order valence-corrected chi connectivity index (χ1v) is 8.11. The Bertz CT molecular complexity index is 407. The van der Waals surface area contributed by atoms with Crippen LogP contribution in [0.3, 0.4) is 0 Å². The van der Waals surface area contributed by atoms with Crippen LogP contribution in [0.15, 0.2) is 28.7 Å². The number of hydrogen-bond acceptors (Lipinski definition) is 0. The predicted molar refractivity (Wildman–Crippen MR) is 77.6 cm³/mol. The molecule has 2 rings (SSSR count). The van der Waals surface area contributed by atoms with Gasteiger partial charge in [-0.15, -0.1) is 0 Å². The topological polar surface area (TPSA) is 0 Å². The first-order chi connectivity index (χ1) is 8.52.